The standard InChI is InChI=1S/C27H27BrN2O3/c1-16-8-10-17(11-9-16)15-30-24-20(22(28)25(30)27(32)33-2)13-12-19-14-21(26(31)29-23(19)24)18-6-4-3-5-7-18/h3-11,14,20,22,24-25H,12-13,15H2,1-2H3,(H,29,31). The van der Waals surface area contributed by atoms with E-state index in [0.717, 1.165) is 35.2 Å². The van der Waals surface area contributed by atoms with E-state index in [1.807, 2.05) is 36.4 Å². The van der Waals surface area contributed by atoms with Crippen LogP contribution in [0.5, 0.6) is 0 Å². The first-order valence-corrected chi connectivity index (χ1v) is 12.2. The number of halogens is 1. The first-order chi connectivity index (χ1) is 16.0. The van der Waals surface area contributed by atoms with E-state index in [4.69, 9.17) is 4.74 Å². The molecule has 0 saturated carbocycles. The summed E-state index contributed by atoms with van der Waals surface area (Å²) in [6.45, 7) is 2.67. The van der Waals surface area contributed by atoms with Crippen LogP contribution >= 0.6 is 15.9 Å². The van der Waals surface area contributed by atoms with Gasteiger partial charge in [0, 0.05) is 22.6 Å². The van der Waals surface area contributed by atoms with Gasteiger partial charge in [0.15, 0.2) is 0 Å². The average Bonchev–Trinajstić information content (AvgIpc) is 3.11. The highest BCUT2D eigenvalue weighted by molar-refractivity contribution is 9.09. The number of pyridine rings is 1. The number of likely N-dealkylation sites (tertiary alicyclic amines) is 1. The number of rotatable bonds is 4. The van der Waals surface area contributed by atoms with Crippen molar-refractivity contribution in [2.24, 2.45) is 5.92 Å². The molecule has 1 saturated heterocycles. The molecule has 2 aliphatic rings. The number of aromatic nitrogens is 1. The number of alkyl halides is 1. The SMILES string of the molecule is COC(=O)C1C(Br)C2CCc3cc(-c4ccccc4)c(=O)[nH]c3C2N1Cc1ccc(C)cc1. The van der Waals surface area contributed by atoms with Gasteiger partial charge >= 0.3 is 5.97 Å². The zero-order valence-electron chi connectivity index (χ0n) is 18.8. The predicted octanol–water partition coefficient (Wildman–Crippen LogP) is 4.77. The third kappa shape index (κ3) is 3.96. The maximum absolute atomic E-state index is 13.2. The lowest BCUT2D eigenvalue weighted by molar-refractivity contribution is -0.146. The lowest BCUT2D eigenvalue weighted by Crippen LogP contribution is -2.41. The van der Waals surface area contributed by atoms with Crippen molar-refractivity contribution < 1.29 is 9.53 Å². The molecule has 0 radical (unpaired) electrons. The summed E-state index contributed by atoms with van der Waals surface area (Å²) < 4.78 is 5.20. The predicted molar refractivity (Wildman–Crippen MR) is 132 cm³/mol. The second kappa shape index (κ2) is 8.92. The van der Waals surface area contributed by atoms with Crippen LogP contribution < -0.4 is 5.56 Å². The number of carbonyl (C=O) groups is 1. The van der Waals surface area contributed by atoms with Crippen molar-refractivity contribution in [1.82, 2.24) is 9.88 Å². The molecule has 0 spiro atoms. The molecule has 0 amide bonds. The van der Waals surface area contributed by atoms with E-state index in [1.165, 1.54) is 12.7 Å². The number of fused-ring (bicyclic) bond motifs is 3. The lowest BCUT2D eigenvalue weighted by Gasteiger charge is -2.34. The molecule has 170 valence electrons. The fourth-order valence-electron chi connectivity index (χ4n) is 5.41. The van der Waals surface area contributed by atoms with E-state index in [9.17, 15) is 9.59 Å². The van der Waals surface area contributed by atoms with Crippen molar-refractivity contribution in [3.8, 4) is 11.1 Å². The third-order valence-corrected chi connectivity index (χ3v) is 8.22. The lowest BCUT2D eigenvalue weighted by atomic mass is 9.82. The maximum atomic E-state index is 13.2. The Balaban J connectivity index is 1.59. The number of hydrogen-bond donors (Lipinski definition) is 1. The van der Waals surface area contributed by atoms with Gasteiger partial charge in [-0.3, -0.25) is 14.5 Å². The van der Waals surface area contributed by atoms with Gasteiger partial charge in [-0.25, -0.2) is 0 Å². The number of nitrogens with one attached hydrogen (secondary N) is 1. The van der Waals surface area contributed by atoms with Crippen LogP contribution in [-0.4, -0.2) is 33.8 Å². The van der Waals surface area contributed by atoms with Crippen LogP contribution in [0.1, 0.15) is 34.8 Å². The zero-order valence-corrected chi connectivity index (χ0v) is 20.3. The summed E-state index contributed by atoms with van der Waals surface area (Å²) in [7, 11) is 1.44. The van der Waals surface area contributed by atoms with Crippen LogP contribution in [0, 0.1) is 12.8 Å². The Morgan fingerprint density at radius 1 is 1.15 bits per heavy atom. The van der Waals surface area contributed by atoms with Crippen LogP contribution in [0.25, 0.3) is 11.1 Å². The fourth-order valence-corrected chi connectivity index (χ4v) is 6.48. The Kier molecular flexibility index (Phi) is 5.97. The second-order valence-electron chi connectivity index (χ2n) is 9.03. The van der Waals surface area contributed by atoms with Crippen molar-refractivity contribution in [3.63, 3.8) is 0 Å². The largest absolute Gasteiger partial charge is 0.468 e. The fraction of sp³-hybridized carbons (Fsp3) is 0.333. The Morgan fingerprint density at radius 2 is 1.88 bits per heavy atom. The highest BCUT2D eigenvalue weighted by atomic mass is 79.9. The first kappa shape index (κ1) is 22.1. The maximum Gasteiger partial charge on any atom is 0.324 e. The molecule has 1 N–H and O–H groups in total. The van der Waals surface area contributed by atoms with Crippen molar-refractivity contribution in [2.45, 2.75) is 43.2 Å². The second-order valence-corrected chi connectivity index (χ2v) is 10.1. The summed E-state index contributed by atoms with van der Waals surface area (Å²) in [5.74, 6) is -0.0477. The number of carbonyl (C=O) groups excluding carboxylic acids is 1. The van der Waals surface area contributed by atoms with Crippen molar-refractivity contribution in [1.29, 1.82) is 0 Å². The molecule has 1 aliphatic heterocycles. The van der Waals surface area contributed by atoms with E-state index >= 15 is 0 Å². The molecule has 1 aromatic heterocycles. The van der Waals surface area contributed by atoms with Gasteiger partial charge in [-0.1, -0.05) is 76.1 Å². The van der Waals surface area contributed by atoms with E-state index in [0.29, 0.717) is 12.1 Å². The molecule has 0 bridgehead atoms. The molecule has 33 heavy (non-hydrogen) atoms. The van der Waals surface area contributed by atoms with Gasteiger partial charge < -0.3 is 9.72 Å². The third-order valence-electron chi connectivity index (χ3n) is 7.04. The minimum absolute atomic E-state index is 0.0501. The van der Waals surface area contributed by atoms with E-state index in [1.54, 1.807) is 0 Å². The number of nitrogens with zero attached hydrogens (tertiary/aromatic N) is 1. The minimum atomic E-state index is -0.422. The molecule has 2 heterocycles. The average molecular weight is 507 g/mol. The number of aromatic amines is 1. The molecular weight excluding hydrogens is 480 g/mol. The molecule has 1 aliphatic carbocycles. The van der Waals surface area contributed by atoms with Crippen LogP contribution in [0.3, 0.4) is 0 Å². The van der Waals surface area contributed by atoms with Gasteiger partial charge in [0.1, 0.15) is 6.04 Å². The highest BCUT2D eigenvalue weighted by Crippen LogP contribution is 2.50. The first-order valence-electron chi connectivity index (χ1n) is 11.3. The van der Waals surface area contributed by atoms with E-state index < -0.39 is 6.04 Å². The van der Waals surface area contributed by atoms with Crippen LogP contribution in [-0.2, 0) is 22.5 Å². The molecule has 5 rings (SSSR count). The molecule has 4 atom stereocenters. The van der Waals surface area contributed by atoms with Gasteiger partial charge in [-0.15, -0.1) is 0 Å². The van der Waals surface area contributed by atoms with Gasteiger partial charge in [0.05, 0.1) is 13.2 Å². The van der Waals surface area contributed by atoms with Crippen LogP contribution in [0.4, 0.5) is 0 Å². The minimum Gasteiger partial charge on any atom is -0.468 e. The monoisotopic (exact) mass is 506 g/mol. The summed E-state index contributed by atoms with van der Waals surface area (Å²) in [5.41, 5.74) is 5.91. The number of esters is 1. The highest BCUT2D eigenvalue weighted by Gasteiger charge is 2.53. The van der Waals surface area contributed by atoms with Gasteiger partial charge in [0.2, 0.25) is 0 Å². The molecule has 6 heteroatoms. The summed E-state index contributed by atoms with van der Waals surface area (Å²) >= 11 is 3.84. The number of hydrogen-bond acceptors (Lipinski definition) is 4. The number of aryl methyl sites for hydroxylation is 2. The molecule has 5 nitrogen and oxygen atoms in total. The van der Waals surface area contributed by atoms with Crippen molar-refractivity contribution in [2.75, 3.05) is 7.11 Å². The van der Waals surface area contributed by atoms with Gasteiger partial charge in [-0.05, 0) is 48.4 Å². The zero-order chi connectivity index (χ0) is 23.1. The van der Waals surface area contributed by atoms with Crippen LogP contribution in [0.15, 0.2) is 65.5 Å². The van der Waals surface area contributed by atoms with Gasteiger partial charge in [-0.2, -0.15) is 0 Å². The van der Waals surface area contributed by atoms with Crippen molar-refractivity contribution >= 4 is 21.9 Å². The Labute approximate surface area is 201 Å². The summed E-state index contributed by atoms with van der Waals surface area (Å²) in [6, 6.07) is 19.7. The molecular formula is C27H27BrN2O3. The summed E-state index contributed by atoms with van der Waals surface area (Å²) in [4.78, 5) is 31.4. The Bertz CT molecular complexity index is 1220. The van der Waals surface area contributed by atoms with E-state index in [-0.39, 0.29) is 28.3 Å². The molecule has 1 fully saturated rings. The van der Waals surface area contributed by atoms with E-state index in [2.05, 4.69) is 57.0 Å². The van der Waals surface area contributed by atoms with Gasteiger partial charge in [0.25, 0.3) is 5.56 Å². The normalized spacial score (nSPS) is 24.2. The Hall–Kier alpha value is -2.70. The number of H-pyrrole nitrogens is 1. The quantitative estimate of drug-likeness (QED) is 0.408. The van der Waals surface area contributed by atoms with Crippen LogP contribution in [0.2, 0.25) is 0 Å². The summed E-state index contributed by atoms with van der Waals surface area (Å²) in [6.07, 6.45) is 1.80. The Morgan fingerprint density at radius 3 is 2.58 bits per heavy atom. The molecule has 2 aromatic carbocycles. The molecule has 3 aromatic rings. The number of benzene rings is 2. The summed E-state index contributed by atoms with van der Waals surface area (Å²) in [5, 5.41) is 0. The molecule has 4 unspecified atom stereocenters. The van der Waals surface area contributed by atoms with Crippen molar-refractivity contribution in [3.05, 3.63) is 93.4 Å². The smallest absolute Gasteiger partial charge is 0.324 e. The number of ether oxygens (including phenoxy) is 1. The topological polar surface area (TPSA) is 62.4 Å². The number of methoxy groups -OCH3 is 1.